The first-order valence-corrected chi connectivity index (χ1v) is 9.40. The summed E-state index contributed by atoms with van der Waals surface area (Å²) in [5, 5.41) is 10.2. The maximum atomic E-state index is 13.4. The number of carboxylic acid groups (broad SMARTS) is 1. The summed E-state index contributed by atoms with van der Waals surface area (Å²) in [5.74, 6) is -0.524. The van der Waals surface area contributed by atoms with Gasteiger partial charge in [0.1, 0.15) is 10.5 Å². The van der Waals surface area contributed by atoms with Crippen molar-refractivity contribution >= 4 is 27.5 Å². The van der Waals surface area contributed by atoms with E-state index < -0.39 is 11.4 Å². The standard InChI is InChI=1S/C19H19N3O3S/c1-19(2,18(24)25)10-22-15(12-7-3-4-9-20-12)21-16-14(17(22)23)11-6-5-8-13(11)26-16/h3-4,7,9H,5-6,8,10H2,1-2H3,(H,24,25). The minimum atomic E-state index is -1.10. The molecule has 3 aromatic rings. The van der Waals surface area contributed by atoms with E-state index in [-0.39, 0.29) is 12.1 Å². The molecule has 1 aliphatic carbocycles. The van der Waals surface area contributed by atoms with Crippen LogP contribution < -0.4 is 5.56 Å². The van der Waals surface area contributed by atoms with Crippen LogP contribution in [0.15, 0.2) is 29.2 Å². The zero-order chi connectivity index (χ0) is 18.5. The maximum Gasteiger partial charge on any atom is 0.310 e. The minimum Gasteiger partial charge on any atom is -0.481 e. The lowest BCUT2D eigenvalue weighted by molar-refractivity contribution is -0.147. The molecule has 7 heteroatoms. The Morgan fingerprint density at radius 3 is 2.85 bits per heavy atom. The molecule has 0 aliphatic heterocycles. The lowest BCUT2D eigenvalue weighted by atomic mass is 9.93. The Morgan fingerprint density at radius 2 is 2.15 bits per heavy atom. The van der Waals surface area contributed by atoms with Crippen LogP contribution >= 0.6 is 11.3 Å². The minimum absolute atomic E-state index is 0.0423. The Balaban J connectivity index is 2.01. The predicted molar refractivity (Wildman–Crippen MR) is 101 cm³/mol. The summed E-state index contributed by atoms with van der Waals surface area (Å²) in [7, 11) is 0. The number of aryl methyl sites for hydroxylation is 2. The number of aliphatic carboxylic acids is 1. The summed E-state index contributed by atoms with van der Waals surface area (Å²) in [6, 6.07) is 5.42. The topological polar surface area (TPSA) is 85.1 Å². The van der Waals surface area contributed by atoms with Gasteiger partial charge in [-0.1, -0.05) is 6.07 Å². The van der Waals surface area contributed by atoms with Crippen molar-refractivity contribution in [1.29, 1.82) is 0 Å². The van der Waals surface area contributed by atoms with Crippen molar-refractivity contribution in [3.05, 3.63) is 45.2 Å². The van der Waals surface area contributed by atoms with Gasteiger partial charge in [-0.2, -0.15) is 0 Å². The van der Waals surface area contributed by atoms with Gasteiger partial charge in [0.05, 0.1) is 10.8 Å². The van der Waals surface area contributed by atoms with E-state index in [1.165, 1.54) is 9.44 Å². The van der Waals surface area contributed by atoms with Gasteiger partial charge in [0.25, 0.3) is 5.56 Å². The van der Waals surface area contributed by atoms with E-state index >= 15 is 0 Å². The van der Waals surface area contributed by atoms with Crippen LogP contribution in [0.3, 0.4) is 0 Å². The summed E-state index contributed by atoms with van der Waals surface area (Å²) in [5.41, 5.74) is 0.407. The quantitative estimate of drug-likeness (QED) is 0.764. The average molecular weight is 369 g/mol. The van der Waals surface area contributed by atoms with Crippen LogP contribution in [0.2, 0.25) is 0 Å². The first-order valence-electron chi connectivity index (χ1n) is 8.58. The van der Waals surface area contributed by atoms with Crippen molar-refractivity contribution in [3.63, 3.8) is 0 Å². The van der Waals surface area contributed by atoms with Crippen LogP contribution in [0.5, 0.6) is 0 Å². The van der Waals surface area contributed by atoms with E-state index in [0.717, 1.165) is 29.7 Å². The normalized spacial score (nSPS) is 13.9. The van der Waals surface area contributed by atoms with Gasteiger partial charge in [0, 0.05) is 17.6 Å². The van der Waals surface area contributed by atoms with Crippen LogP contribution in [-0.2, 0) is 24.2 Å². The van der Waals surface area contributed by atoms with Crippen molar-refractivity contribution in [3.8, 4) is 11.5 Å². The molecule has 0 saturated heterocycles. The van der Waals surface area contributed by atoms with Gasteiger partial charge >= 0.3 is 5.97 Å². The first-order chi connectivity index (χ1) is 12.4. The average Bonchev–Trinajstić information content (AvgIpc) is 3.18. The van der Waals surface area contributed by atoms with Gasteiger partial charge in [-0.3, -0.25) is 19.1 Å². The molecule has 26 heavy (non-hydrogen) atoms. The lowest BCUT2D eigenvalue weighted by Gasteiger charge is -2.22. The van der Waals surface area contributed by atoms with Crippen LogP contribution in [0.4, 0.5) is 0 Å². The molecule has 0 aromatic carbocycles. The Morgan fingerprint density at radius 1 is 1.35 bits per heavy atom. The molecule has 0 atom stereocenters. The number of aromatic nitrogens is 3. The summed E-state index contributed by atoms with van der Waals surface area (Å²) in [6.45, 7) is 3.28. The van der Waals surface area contributed by atoms with Crippen LogP contribution in [0.25, 0.3) is 21.7 Å². The maximum absolute atomic E-state index is 13.4. The highest BCUT2D eigenvalue weighted by molar-refractivity contribution is 7.18. The summed E-state index contributed by atoms with van der Waals surface area (Å²) >= 11 is 1.57. The zero-order valence-corrected chi connectivity index (χ0v) is 15.5. The number of hydrogen-bond acceptors (Lipinski definition) is 5. The van der Waals surface area contributed by atoms with Crippen molar-refractivity contribution in [1.82, 2.24) is 14.5 Å². The summed E-state index contributed by atoms with van der Waals surface area (Å²) in [6.07, 6.45) is 4.57. The lowest BCUT2D eigenvalue weighted by Crippen LogP contribution is -2.35. The summed E-state index contributed by atoms with van der Waals surface area (Å²) in [4.78, 5) is 36.0. The molecule has 0 unspecified atom stereocenters. The fraction of sp³-hybridized carbons (Fsp3) is 0.368. The number of carbonyl (C=O) groups is 1. The molecule has 0 spiro atoms. The molecule has 1 N–H and O–H groups in total. The molecule has 0 radical (unpaired) electrons. The van der Waals surface area contributed by atoms with E-state index in [9.17, 15) is 14.7 Å². The van der Waals surface area contributed by atoms with Gasteiger partial charge in [0.15, 0.2) is 5.82 Å². The Bertz CT molecular complexity index is 1070. The third-order valence-electron chi connectivity index (χ3n) is 4.85. The second-order valence-corrected chi connectivity index (χ2v) is 8.35. The van der Waals surface area contributed by atoms with Crippen molar-refractivity contribution in [2.75, 3.05) is 0 Å². The molecule has 3 aromatic heterocycles. The number of fused-ring (bicyclic) bond motifs is 3. The van der Waals surface area contributed by atoms with E-state index in [1.54, 1.807) is 43.5 Å². The van der Waals surface area contributed by atoms with Gasteiger partial charge in [-0.05, 0) is 50.8 Å². The molecule has 0 amide bonds. The molecule has 134 valence electrons. The fourth-order valence-electron chi connectivity index (χ4n) is 3.38. The number of pyridine rings is 1. The molecule has 3 heterocycles. The molecule has 6 nitrogen and oxygen atoms in total. The highest BCUT2D eigenvalue weighted by Gasteiger charge is 2.31. The molecule has 0 fully saturated rings. The highest BCUT2D eigenvalue weighted by atomic mass is 32.1. The summed E-state index contributed by atoms with van der Waals surface area (Å²) < 4.78 is 1.49. The van der Waals surface area contributed by atoms with Crippen molar-refractivity contribution in [2.24, 2.45) is 5.41 Å². The van der Waals surface area contributed by atoms with E-state index in [1.807, 2.05) is 6.07 Å². The SMILES string of the molecule is CC(C)(Cn1c(-c2ccccn2)nc2sc3c(c2c1=O)CCC3)C(=O)O. The molecular weight excluding hydrogens is 350 g/mol. The Labute approximate surface area is 154 Å². The van der Waals surface area contributed by atoms with E-state index in [4.69, 9.17) is 4.98 Å². The number of carboxylic acids is 1. The van der Waals surface area contributed by atoms with Crippen molar-refractivity contribution in [2.45, 2.75) is 39.7 Å². The fourth-order valence-corrected chi connectivity index (χ4v) is 4.63. The number of nitrogens with zero attached hydrogens (tertiary/aromatic N) is 3. The molecule has 4 rings (SSSR count). The Hall–Kier alpha value is -2.54. The molecule has 0 bridgehead atoms. The predicted octanol–water partition coefficient (Wildman–Crippen LogP) is 3.12. The zero-order valence-electron chi connectivity index (χ0n) is 14.7. The second kappa shape index (κ2) is 6.02. The van der Waals surface area contributed by atoms with Crippen molar-refractivity contribution < 1.29 is 9.90 Å². The number of thiophene rings is 1. The monoisotopic (exact) mass is 369 g/mol. The smallest absolute Gasteiger partial charge is 0.310 e. The third-order valence-corrected chi connectivity index (χ3v) is 6.04. The van der Waals surface area contributed by atoms with Gasteiger partial charge in [0.2, 0.25) is 0 Å². The van der Waals surface area contributed by atoms with Gasteiger partial charge in [-0.25, -0.2) is 4.98 Å². The third kappa shape index (κ3) is 2.63. The van der Waals surface area contributed by atoms with Crippen LogP contribution in [0.1, 0.15) is 30.7 Å². The van der Waals surface area contributed by atoms with E-state index in [0.29, 0.717) is 16.9 Å². The number of rotatable bonds is 4. The highest BCUT2D eigenvalue weighted by Crippen LogP contribution is 2.36. The number of hydrogen-bond donors (Lipinski definition) is 1. The van der Waals surface area contributed by atoms with E-state index in [2.05, 4.69) is 4.98 Å². The van der Waals surface area contributed by atoms with Gasteiger partial charge in [-0.15, -0.1) is 11.3 Å². The Kier molecular flexibility index (Phi) is 3.91. The first kappa shape index (κ1) is 16.9. The van der Waals surface area contributed by atoms with Gasteiger partial charge < -0.3 is 5.11 Å². The van der Waals surface area contributed by atoms with Crippen LogP contribution in [-0.4, -0.2) is 25.6 Å². The molecule has 0 saturated carbocycles. The molecule has 1 aliphatic rings. The van der Waals surface area contributed by atoms with Crippen LogP contribution in [0, 0.1) is 5.41 Å². The molecular formula is C19H19N3O3S. The largest absolute Gasteiger partial charge is 0.481 e. The second-order valence-electron chi connectivity index (χ2n) is 7.27.